The normalized spacial score (nSPS) is 18.6. The third-order valence-electron chi connectivity index (χ3n) is 4.85. The highest BCUT2D eigenvalue weighted by molar-refractivity contribution is 5.80. The number of benzene rings is 1. The van der Waals surface area contributed by atoms with E-state index in [-0.39, 0.29) is 17.9 Å². The Balaban J connectivity index is 1.67. The molecule has 1 aromatic carbocycles. The number of aromatic nitrogens is 2. The Morgan fingerprint density at radius 2 is 1.92 bits per heavy atom. The van der Waals surface area contributed by atoms with Crippen molar-refractivity contribution in [2.75, 3.05) is 18.0 Å². The van der Waals surface area contributed by atoms with Gasteiger partial charge in [-0.15, -0.1) is 0 Å². The average molecular weight is 352 g/mol. The van der Waals surface area contributed by atoms with E-state index < -0.39 is 0 Å². The number of carbonyl (C=O) groups excluding carboxylic acids is 1. The second-order valence-electron chi connectivity index (χ2n) is 7.44. The minimum Gasteiger partial charge on any atom is -0.349 e. The van der Waals surface area contributed by atoms with Gasteiger partial charge in [-0.05, 0) is 36.8 Å². The van der Waals surface area contributed by atoms with Gasteiger partial charge in [0.15, 0.2) is 0 Å². The third-order valence-corrected chi connectivity index (χ3v) is 4.85. The lowest BCUT2D eigenvalue weighted by Crippen LogP contribution is -2.44. The minimum absolute atomic E-state index is 0.0223. The molecule has 1 fully saturated rings. The summed E-state index contributed by atoms with van der Waals surface area (Å²) in [6.45, 7) is 5.97. The van der Waals surface area contributed by atoms with Crippen LogP contribution >= 0.6 is 0 Å². The summed E-state index contributed by atoms with van der Waals surface area (Å²) < 4.78 is 0. The number of carbonyl (C=O) groups is 1. The van der Waals surface area contributed by atoms with Crippen LogP contribution < -0.4 is 10.2 Å². The van der Waals surface area contributed by atoms with Crippen molar-refractivity contribution in [3.05, 3.63) is 54.4 Å². The number of hydrogen-bond donors (Lipinski definition) is 1. The molecular weight excluding hydrogens is 324 g/mol. The van der Waals surface area contributed by atoms with Gasteiger partial charge in [0, 0.05) is 25.5 Å². The van der Waals surface area contributed by atoms with Crippen molar-refractivity contribution < 1.29 is 4.79 Å². The largest absolute Gasteiger partial charge is 0.349 e. The molecule has 5 nitrogen and oxygen atoms in total. The van der Waals surface area contributed by atoms with Gasteiger partial charge in [0.05, 0.1) is 12.0 Å². The maximum absolute atomic E-state index is 13.0. The van der Waals surface area contributed by atoms with Crippen LogP contribution in [-0.4, -0.2) is 29.0 Å². The van der Waals surface area contributed by atoms with E-state index in [0.29, 0.717) is 18.4 Å². The van der Waals surface area contributed by atoms with E-state index in [0.717, 1.165) is 25.8 Å². The van der Waals surface area contributed by atoms with Crippen molar-refractivity contribution in [3.63, 3.8) is 0 Å². The van der Waals surface area contributed by atoms with Crippen molar-refractivity contribution in [3.8, 4) is 0 Å². The standard InChI is InChI=1S/C21H28N4O/c1-16(2)14-19(17-8-4-3-5-9-17)24-20(26)18-10-6-13-25(15-18)21-22-11-7-12-23-21/h3-5,7-9,11-12,16,18-19H,6,10,13-15H2,1-2H3,(H,24,26)/t18-,19+/m0/s1. The molecule has 26 heavy (non-hydrogen) atoms. The predicted octanol–water partition coefficient (Wildman–Crippen LogP) is 3.60. The number of rotatable bonds is 6. The molecule has 2 heterocycles. The van der Waals surface area contributed by atoms with Gasteiger partial charge in [0.25, 0.3) is 0 Å². The van der Waals surface area contributed by atoms with Gasteiger partial charge in [0.2, 0.25) is 11.9 Å². The van der Waals surface area contributed by atoms with E-state index in [4.69, 9.17) is 0 Å². The van der Waals surface area contributed by atoms with Crippen molar-refractivity contribution in [1.29, 1.82) is 0 Å². The minimum atomic E-state index is -0.0223. The maximum Gasteiger partial charge on any atom is 0.225 e. The summed E-state index contributed by atoms with van der Waals surface area (Å²) in [5.41, 5.74) is 1.17. The Morgan fingerprint density at radius 3 is 2.62 bits per heavy atom. The van der Waals surface area contributed by atoms with Gasteiger partial charge >= 0.3 is 0 Å². The fourth-order valence-corrected chi connectivity index (χ4v) is 3.55. The maximum atomic E-state index is 13.0. The molecule has 1 aliphatic heterocycles. The quantitative estimate of drug-likeness (QED) is 0.863. The van der Waals surface area contributed by atoms with E-state index in [2.05, 4.69) is 46.2 Å². The van der Waals surface area contributed by atoms with E-state index in [1.54, 1.807) is 12.4 Å². The molecule has 0 radical (unpaired) electrons. The summed E-state index contributed by atoms with van der Waals surface area (Å²) in [7, 11) is 0. The Kier molecular flexibility index (Phi) is 6.21. The second-order valence-corrected chi connectivity index (χ2v) is 7.44. The average Bonchev–Trinajstić information content (AvgIpc) is 2.68. The first-order valence-electron chi connectivity index (χ1n) is 9.50. The molecule has 5 heteroatoms. The highest BCUT2D eigenvalue weighted by Gasteiger charge is 2.28. The van der Waals surface area contributed by atoms with Crippen molar-refractivity contribution >= 4 is 11.9 Å². The van der Waals surface area contributed by atoms with Crippen LogP contribution in [0.15, 0.2) is 48.8 Å². The molecule has 2 atom stereocenters. The van der Waals surface area contributed by atoms with Crippen LogP contribution in [0.25, 0.3) is 0 Å². The fraction of sp³-hybridized carbons (Fsp3) is 0.476. The zero-order chi connectivity index (χ0) is 18.4. The van der Waals surface area contributed by atoms with Crippen LogP contribution in [0.1, 0.15) is 44.7 Å². The first kappa shape index (κ1) is 18.4. The topological polar surface area (TPSA) is 58.1 Å². The molecule has 0 bridgehead atoms. The van der Waals surface area contributed by atoms with Crippen LogP contribution in [0.3, 0.4) is 0 Å². The number of nitrogens with zero attached hydrogens (tertiary/aromatic N) is 3. The first-order valence-corrected chi connectivity index (χ1v) is 9.50. The van der Waals surface area contributed by atoms with Crippen LogP contribution in [0.4, 0.5) is 5.95 Å². The van der Waals surface area contributed by atoms with Gasteiger partial charge < -0.3 is 10.2 Å². The molecule has 0 spiro atoms. The van der Waals surface area contributed by atoms with Crippen LogP contribution in [0, 0.1) is 11.8 Å². The molecule has 1 aliphatic rings. The van der Waals surface area contributed by atoms with Crippen molar-refractivity contribution in [2.24, 2.45) is 11.8 Å². The lowest BCUT2D eigenvalue weighted by Gasteiger charge is -2.33. The molecule has 0 unspecified atom stereocenters. The van der Waals surface area contributed by atoms with E-state index in [9.17, 15) is 4.79 Å². The highest BCUT2D eigenvalue weighted by Crippen LogP contribution is 2.24. The van der Waals surface area contributed by atoms with Crippen LogP contribution in [0.5, 0.6) is 0 Å². The van der Waals surface area contributed by atoms with Crippen LogP contribution in [-0.2, 0) is 4.79 Å². The Morgan fingerprint density at radius 1 is 1.19 bits per heavy atom. The fourth-order valence-electron chi connectivity index (χ4n) is 3.55. The first-order chi connectivity index (χ1) is 12.6. The van der Waals surface area contributed by atoms with Gasteiger partial charge in [-0.3, -0.25) is 4.79 Å². The Bertz CT molecular complexity index is 690. The van der Waals surface area contributed by atoms with Crippen LogP contribution in [0.2, 0.25) is 0 Å². The molecule has 2 aromatic rings. The molecule has 1 aromatic heterocycles. The Hall–Kier alpha value is -2.43. The summed E-state index contributed by atoms with van der Waals surface area (Å²) in [5.74, 6) is 1.35. The smallest absolute Gasteiger partial charge is 0.225 e. The predicted molar refractivity (Wildman–Crippen MR) is 104 cm³/mol. The lowest BCUT2D eigenvalue weighted by molar-refractivity contribution is -0.126. The lowest BCUT2D eigenvalue weighted by atomic mass is 9.93. The van der Waals surface area contributed by atoms with E-state index in [1.165, 1.54) is 5.56 Å². The molecule has 0 aliphatic carbocycles. The molecule has 138 valence electrons. The van der Waals surface area contributed by atoms with Gasteiger partial charge in [-0.25, -0.2) is 9.97 Å². The number of piperidine rings is 1. The number of anilines is 1. The molecular formula is C21H28N4O. The zero-order valence-electron chi connectivity index (χ0n) is 15.6. The SMILES string of the molecule is CC(C)C[C@@H](NC(=O)[C@H]1CCCN(c2ncccn2)C1)c1ccccc1. The molecule has 3 rings (SSSR count). The van der Waals surface area contributed by atoms with Crippen molar-refractivity contribution in [2.45, 2.75) is 39.2 Å². The summed E-state index contributed by atoms with van der Waals surface area (Å²) in [5, 5.41) is 3.30. The zero-order valence-corrected chi connectivity index (χ0v) is 15.6. The molecule has 1 saturated heterocycles. The number of amides is 1. The molecule has 1 N–H and O–H groups in total. The monoisotopic (exact) mass is 352 g/mol. The van der Waals surface area contributed by atoms with E-state index >= 15 is 0 Å². The number of hydrogen-bond acceptors (Lipinski definition) is 4. The van der Waals surface area contributed by atoms with E-state index in [1.807, 2.05) is 24.3 Å². The third kappa shape index (κ3) is 4.81. The Labute approximate surface area is 155 Å². The van der Waals surface area contributed by atoms with Gasteiger partial charge in [0.1, 0.15) is 0 Å². The number of nitrogens with one attached hydrogen (secondary N) is 1. The summed E-state index contributed by atoms with van der Waals surface area (Å²) in [6.07, 6.45) is 6.34. The van der Waals surface area contributed by atoms with Crippen molar-refractivity contribution in [1.82, 2.24) is 15.3 Å². The summed E-state index contributed by atoms with van der Waals surface area (Å²) in [4.78, 5) is 23.7. The summed E-state index contributed by atoms with van der Waals surface area (Å²) in [6, 6.07) is 12.1. The summed E-state index contributed by atoms with van der Waals surface area (Å²) >= 11 is 0. The highest BCUT2D eigenvalue weighted by atomic mass is 16.2. The van der Waals surface area contributed by atoms with Gasteiger partial charge in [-0.1, -0.05) is 44.2 Å². The molecule has 1 amide bonds. The second kappa shape index (κ2) is 8.79. The molecule has 0 saturated carbocycles. The van der Waals surface area contributed by atoms with Gasteiger partial charge in [-0.2, -0.15) is 0 Å².